The molecule has 0 aliphatic heterocycles. The smallest absolute Gasteiger partial charge is 0.307 e. The Morgan fingerprint density at radius 3 is 2.67 bits per heavy atom. The molecule has 0 unspecified atom stereocenters. The van der Waals surface area contributed by atoms with E-state index in [-0.39, 0.29) is 18.6 Å². The molecule has 0 saturated heterocycles. The summed E-state index contributed by atoms with van der Waals surface area (Å²) in [6.45, 7) is 1.50. The summed E-state index contributed by atoms with van der Waals surface area (Å²) in [7, 11) is 0. The third-order valence-electron chi connectivity index (χ3n) is 2.24. The van der Waals surface area contributed by atoms with Gasteiger partial charge in [-0.25, -0.2) is 0 Å². The van der Waals surface area contributed by atoms with Gasteiger partial charge in [0.1, 0.15) is 0 Å². The highest BCUT2D eigenvalue weighted by Crippen LogP contribution is 2.19. The molecule has 0 heterocycles. The molecule has 1 aromatic rings. The molecule has 1 aromatic carbocycles. The predicted molar refractivity (Wildman–Crippen MR) is 53.2 cm³/mol. The number of benzene rings is 1. The molecule has 0 aliphatic carbocycles. The number of aryl methyl sites for hydroxylation is 1. The number of aliphatic hydroxyl groups is 1. The fourth-order valence-electron chi connectivity index (χ4n) is 1.45. The van der Waals surface area contributed by atoms with Gasteiger partial charge in [0.25, 0.3) is 0 Å². The Morgan fingerprint density at radius 2 is 2.20 bits per heavy atom. The fourth-order valence-corrected chi connectivity index (χ4v) is 1.45. The van der Waals surface area contributed by atoms with E-state index in [0.717, 1.165) is 5.56 Å². The molecule has 78 valence electrons. The summed E-state index contributed by atoms with van der Waals surface area (Å²) < 4.78 is 0. The van der Waals surface area contributed by atoms with Crippen molar-refractivity contribution in [2.75, 3.05) is 0 Å². The Labute approximate surface area is 87.4 Å². The van der Waals surface area contributed by atoms with Crippen LogP contribution in [-0.4, -0.2) is 16.2 Å². The van der Waals surface area contributed by atoms with E-state index in [1.165, 1.54) is 0 Å². The molecule has 0 atom stereocenters. The van der Waals surface area contributed by atoms with Gasteiger partial charge >= 0.3 is 5.97 Å². The van der Waals surface area contributed by atoms with E-state index >= 15 is 0 Å². The first-order chi connectivity index (χ1) is 7.10. The number of nitrogens with zero attached hydrogens (tertiary/aromatic N) is 1. The quantitative estimate of drug-likeness (QED) is 0.770. The summed E-state index contributed by atoms with van der Waals surface area (Å²) in [5.41, 5.74) is 1.99. The molecule has 15 heavy (non-hydrogen) atoms. The molecule has 0 aliphatic rings. The first-order valence-corrected chi connectivity index (χ1v) is 4.44. The SMILES string of the molecule is Cc1ccc(CO)c(C#N)c1CC(=O)O. The van der Waals surface area contributed by atoms with Crippen molar-refractivity contribution >= 4 is 5.97 Å². The number of hydrogen-bond donors (Lipinski definition) is 2. The highest BCUT2D eigenvalue weighted by atomic mass is 16.4. The minimum atomic E-state index is -0.982. The monoisotopic (exact) mass is 205 g/mol. The lowest BCUT2D eigenvalue weighted by Gasteiger charge is -2.09. The Hall–Kier alpha value is -1.86. The van der Waals surface area contributed by atoms with Crippen molar-refractivity contribution in [3.8, 4) is 6.07 Å². The number of hydrogen-bond acceptors (Lipinski definition) is 3. The van der Waals surface area contributed by atoms with Gasteiger partial charge in [0.05, 0.1) is 24.7 Å². The molecule has 0 amide bonds. The van der Waals surface area contributed by atoms with Crippen LogP contribution in [0.1, 0.15) is 22.3 Å². The zero-order valence-corrected chi connectivity index (χ0v) is 8.32. The number of carboxylic acid groups (broad SMARTS) is 1. The molecule has 0 fully saturated rings. The molecule has 4 nitrogen and oxygen atoms in total. The zero-order valence-electron chi connectivity index (χ0n) is 8.32. The van der Waals surface area contributed by atoms with Crippen molar-refractivity contribution in [3.63, 3.8) is 0 Å². The molecule has 0 saturated carbocycles. The van der Waals surface area contributed by atoms with E-state index in [1.54, 1.807) is 19.1 Å². The van der Waals surface area contributed by atoms with Gasteiger partial charge in [-0.3, -0.25) is 4.79 Å². The summed E-state index contributed by atoms with van der Waals surface area (Å²) in [4.78, 5) is 10.6. The van der Waals surface area contributed by atoms with Crippen LogP contribution < -0.4 is 0 Å². The number of carbonyl (C=O) groups is 1. The van der Waals surface area contributed by atoms with E-state index < -0.39 is 5.97 Å². The van der Waals surface area contributed by atoms with Gasteiger partial charge in [-0.2, -0.15) is 5.26 Å². The van der Waals surface area contributed by atoms with Crippen LogP contribution in [0.2, 0.25) is 0 Å². The largest absolute Gasteiger partial charge is 0.481 e. The molecule has 0 radical (unpaired) electrons. The van der Waals surface area contributed by atoms with Gasteiger partial charge < -0.3 is 10.2 Å². The predicted octanol–water partition coefficient (Wildman–Crippen LogP) is 0.986. The van der Waals surface area contributed by atoms with Crippen LogP contribution >= 0.6 is 0 Å². The standard InChI is InChI=1S/C11H11NO3/c1-7-2-3-8(6-13)10(5-12)9(7)4-11(14)15/h2-3,13H,4,6H2,1H3,(H,14,15). The van der Waals surface area contributed by atoms with Gasteiger partial charge in [0.2, 0.25) is 0 Å². The van der Waals surface area contributed by atoms with E-state index in [1.807, 2.05) is 6.07 Å². The van der Waals surface area contributed by atoms with Crippen molar-refractivity contribution in [3.05, 3.63) is 34.4 Å². The topological polar surface area (TPSA) is 81.3 Å². The summed E-state index contributed by atoms with van der Waals surface area (Å²) in [5.74, 6) is -0.982. The zero-order chi connectivity index (χ0) is 11.4. The van der Waals surface area contributed by atoms with Crippen LogP contribution in [-0.2, 0) is 17.8 Å². The van der Waals surface area contributed by atoms with Crippen molar-refractivity contribution in [1.29, 1.82) is 5.26 Å². The fraction of sp³-hybridized carbons (Fsp3) is 0.273. The number of carboxylic acids is 1. The molecule has 1 rings (SSSR count). The number of aliphatic hydroxyl groups excluding tert-OH is 1. The molecular formula is C11H11NO3. The van der Waals surface area contributed by atoms with Gasteiger partial charge in [-0.1, -0.05) is 12.1 Å². The van der Waals surface area contributed by atoms with Crippen LogP contribution in [0.25, 0.3) is 0 Å². The van der Waals surface area contributed by atoms with Crippen molar-refractivity contribution < 1.29 is 15.0 Å². The second kappa shape index (κ2) is 4.58. The van der Waals surface area contributed by atoms with Crippen LogP contribution in [0.15, 0.2) is 12.1 Å². The maximum absolute atomic E-state index is 10.6. The second-order valence-electron chi connectivity index (χ2n) is 3.24. The van der Waals surface area contributed by atoms with Gasteiger partial charge in [-0.15, -0.1) is 0 Å². The summed E-state index contributed by atoms with van der Waals surface area (Å²) >= 11 is 0. The summed E-state index contributed by atoms with van der Waals surface area (Å²) in [6.07, 6.45) is -0.192. The maximum atomic E-state index is 10.6. The third-order valence-corrected chi connectivity index (χ3v) is 2.24. The van der Waals surface area contributed by atoms with Crippen molar-refractivity contribution in [2.24, 2.45) is 0 Å². The van der Waals surface area contributed by atoms with Crippen molar-refractivity contribution in [1.82, 2.24) is 0 Å². The summed E-state index contributed by atoms with van der Waals surface area (Å²) in [5, 5.41) is 26.6. The van der Waals surface area contributed by atoms with Gasteiger partial charge in [0, 0.05) is 0 Å². The number of nitriles is 1. The Bertz CT molecular complexity index is 432. The van der Waals surface area contributed by atoms with E-state index in [4.69, 9.17) is 15.5 Å². The molecule has 0 aromatic heterocycles. The maximum Gasteiger partial charge on any atom is 0.307 e. The van der Waals surface area contributed by atoms with Crippen LogP contribution in [0.4, 0.5) is 0 Å². The Balaban J connectivity index is 3.33. The van der Waals surface area contributed by atoms with Crippen LogP contribution in [0.3, 0.4) is 0 Å². The molecule has 2 N–H and O–H groups in total. The second-order valence-corrected chi connectivity index (χ2v) is 3.24. The number of aliphatic carboxylic acids is 1. The van der Waals surface area contributed by atoms with Gasteiger partial charge in [0.15, 0.2) is 0 Å². The lowest BCUT2D eigenvalue weighted by atomic mass is 9.95. The average molecular weight is 205 g/mol. The molecular weight excluding hydrogens is 194 g/mol. The lowest BCUT2D eigenvalue weighted by molar-refractivity contribution is -0.136. The number of rotatable bonds is 3. The molecule has 4 heteroatoms. The van der Waals surface area contributed by atoms with E-state index in [9.17, 15) is 4.79 Å². The highest BCUT2D eigenvalue weighted by molar-refractivity contribution is 5.72. The van der Waals surface area contributed by atoms with Gasteiger partial charge in [-0.05, 0) is 23.6 Å². The van der Waals surface area contributed by atoms with Crippen LogP contribution in [0.5, 0.6) is 0 Å². The van der Waals surface area contributed by atoms with E-state index in [0.29, 0.717) is 11.1 Å². The van der Waals surface area contributed by atoms with Crippen molar-refractivity contribution in [2.45, 2.75) is 20.0 Å². The first-order valence-electron chi connectivity index (χ1n) is 4.44. The summed E-state index contributed by atoms with van der Waals surface area (Å²) in [6, 6.07) is 5.29. The van der Waals surface area contributed by atoms with Crippen LogP contribution in [0, 0.1) is 18.3 Å². The lowest BCUT2D eigenvalue weighted by Crippen LogP contribution is -2.06. The molecule has 0 spiro atoms. The minimum absolute atomic E-state index is 0.192. The highest BCUT2D eigenvalue weighted by Gasteiger charge is 2.13. The van der Waals surface area contributed by atoms with E-state index in [2.05, 4.69) is 0 Å². The third kappa shape index (κ3) is 2.33. The normalized spacial score (nSPS) is 9.67. The Morgan fingerprint density at radius 1 is 1.53 bits per heavy atom. The molecule has 0 bridgehead atoms. The minimum Gasteiger partial charge on any atom is -0.481 e. The first kappa shape index (κ1) is 11.2. The average Bonchev–Trinajstić information content (AvgIpc) is 2.20. The Kier molecular flexibility index (Phi) is 3.42.